The number of esters is 1. The zero-order valence-corrected chi connectivity index (χ0v) is 9.01. The van der Waals surface area contributed by atoms with Gasteiger partial charge in [0.25, 0.3) is 0 Å². The van der Waals surface area contributed by atoms with Gasteiger partial charge in [-0.25, -0.2) is 4.79 Å². The lowest BCUT2D eigenvalue weighted by Gasteiger charge is -2.06. The Morgan fingerprint density at radius 2 is 2.40 bits per heavy atom. The third-order valence-electron chi connectivity index (χ3n) is 1.93. The molecule has 0 aliphatic rings. The Morgan fingerprint density at radius 1 is 1.67 bits per heavy atom. The van der Waals surface area contributed by atoms with E-state index in [0.717, 1.165) is 13.0 Å². The summed E-state index contributed by atoms with van der Waals surface area (Å²) in [7, 11) is 0. The first-order valence-electron chi connectivity index (χ1n) is 5.06. The van der Waals surface area contributed by atoms with Crippen molar-refractivity contribution in [2.75, 3.05) is 6.61 Å². The van der Waals surface area contributed by atoms with Gasteiger partial charge in [0, 0.05) is 18.3 Å². The number of aliphatic hydroxyl groups excluding tert-OH is 1. The van der Waals surface area contributed by atoms with E-state index in [1.165, 1.54) is 6.20 Å². The Kier molecular flexibility index (Phi) is 4.30. The van der Waals surface area contributed by atoms with Crippen LogP contribution >= 0.6 is 0 Å². The second-order valence-corrected chi connectivity index (χ2v) is 3.19. The van der Waals surface area contributed by atoms with Crippen molar-refractivity contribution in [1.82, 2.24) is 9.78 Å². The van der Waals surface area contributed by atoms with Crippen molar-refractivity contribution in [3.8, 4) is 0 Å². The Bertz CT molecular complexity index is 322. The third kappa shape index (κ3) is 3.06. The quantitative estimate of drug-likeness (QED) is 0.736. The largest absolute Gasteiger partial charge is 0.464 e. The Labute approximate surface area is 88.7 Å². The van der Waals surface area contributed by atoms with Crippen LogP contribution in [0.1, 0.15) is 31.9 Å². The van der Waals surface area contributed by atoms with Crippen molar-refractivity contribution in [3.05, 3.63) is 18.0 Å². The molecule has 1 unspecified atom stereocenters. The minimum absolute atomic E-state index is 0.263. The van der Waals surface area contributed by atoms with E-state index in [0.29, 0.717) is 5.56 Å². The number of hydrogen-bond donors (Lipinski definition) is 1. The molecule has 0 aromatic carbocycles. The van der Waals surface area contributed by atoms with E-state index in [1.807, 2.05) is 6.92 Å². The van der Waals surface area contributed by atoms with Crippen LogP contribution in [0.15, 0.2) is 12.4 Å². The summed E-state index contributed by atoms with van der Waals surface area (Å²) in [6.45, 7) is 4.77. The maximum Gasteiger partial charge on any atom is 0.339 e. The summed E-state index contributed by atoms with van der Waals surface area (Å²) >= 11 is 0. The first kappa shape index (κ1) is 11.7. The van der Waals surface area contributed by atoms with E-state index in [-0.39, 0.29) is 6.61 Å². The minimum Gasteiger partial charge on any atom is -0.464 e. The van der Waals surface area contributed by atoms with Gasteiger partial charge in [-0.2, -0.15) is 5.10 Å². The van der Waals surface area contributed by atoms with Crippen LogP contribution in [0.25, 0.3) is 0 Å². The maximum absolute atomic E-state index is 11.2. The zero-order valence-electron chi connectivity index (χ0n) is 9.01. The van der Waals surface area contributed by atoms with Crippen LogP contribution in [0.2, 0.25) is 0 Å². The van der Waals surface area contributed by atoms with Crippen LogP contribution in [0, 0.1) is 0 Å². The predicted molar refractivity (Wildman–Crippen MR) is 54.1 cm³/mol. The molecule has 1 N–H and O–H groups in total. The lowest BCUT2D eigenvalue weighted by atomic mass is 10.2. The third-order valence-corrected chi connectivity index (χ3v) is 1.93. The molecule has 0 fully saturated rings. The molecule has 0 saturated heterocycles. The molecule has 0 spiro atoms. The molecule has 0 aliphatic carbocycles. The SMILES string of the molecule is CCCn1cc(C(O)C(=O)OCC)cn1. The summed E-state index contributed by atoms with van der Waals surface area (Å²) in [5.74, 6) is -0.631. The smallest absolute Gasteiger partial charge is 0.339 e. The summed E-state index contributed by atoms with van der Waals surface area (Å²) in [6, 6.07) is 0. The van der Waals surface area contributed by atoms with Crippen LogP contribution in [0.5, 0.6) is 0 Å². The molecule has 5 nitrogen and oxygen atoms in total. The van der Waals surface area contributed by atoms with E-state index in [4.69, 9.17) is 4.74 Å². The number of hydrogen-bond acceptors (Lipinski definition) is 4. The number of aryl methyl sites for hydroxylation is 1. The van der Waals surface area contributed by atoms with E-state index >= 15 is 0 Å². The Hall–Kier alpha value is -1.36. The number of aliphatic hydroxyl groups is 1. The number of carbonyl (C=O) groups is 1. The molecule has 1 heterocycles. The van der Waals surface area contributed by atoms with Gasteiger partial charge in [0.1, 0.15) is 0 Å². The normalized spacial score (nSPS) is 12.5. The molecule has 1 rings (SSSR count). The van der Waals surface area contributed by atoms with Crippen molar-refractivity contribution < 1.29 is 14.6 Å². The highest BCUT2D eigenvalue weighted by atomic mass is 16.5. The van der Waals surface area contributed by atoms with Crippen LogP contribution in [-0.4, -0.2) is 27.5 Å². The van der Waals surface area contributed by atoms with Crippen LogP contribution < -0.4 is 0 Å². The fourth-order valence-electron chi connectivity index (χ4n) is 1.23. The fraction of sp³-hybridized carbons (Fsp3) is 0.600. The molecule has 0 aliphatic heterocycles. The Morgan fingerprint density at radius 3 is 3.00 bits per heavy atom. The molecule has 5 heteroatoms. The summed E-state index contributed by atoms with van der Waals surface area (Å²) in [5, 5.41) is 13.6. The summed E-state index contributed by atoms with van der Waals surface area (Å²) in [5.41, 5.74) is 0.474. The van der Waals surface area contributed by atoms with Crippen LogP contribution in [0.4, 0.5) is 0 Å². The van der Waals surface area contributed by atoms with Crippen molar-refractivity contribution in [1.29, 1.82) is 0 Å². The second-order valence-electron chi connectivity index (χ2n) is 3.19. The molecule has 1 atom stereocenters. The van der Waals surface area contributed by atoms with Gasteiger partial charge in [-0.05, 0) is 13.3 Å². The fourth-order valence-corrected chi connectivity index (χ4v) is 1.23. The molecule has 1 aromatic rings. The number of rotatable bonds is 5. The van der Waals surface area contributed by atoms with Gasteiger partial charge in [0.2, 0.25) is 0 Å². The molecular formula is C10H16N2O3. The number of aromatic nitrogens is 2. The average molecular weight is 212 g/mol. The predicted octanol–water partition coefficient (Wildman–Crippen LogP) is 0.890. The average Bonchev–Trinajstić information content (AvgIpc) is 2.66. The minimum atomic E-state index is -1.23. The Balaban J connectivity index is 2.64. The number of carbonyl (C=O) groups excluding carboxylic acids is 1. The van der Waals surface area contributed by atoms with Gasteiger partial charge in [-0.15, -0.1) is 0 Å². The highest BCUT2D eigenvalue weighted by Gasteiger charge is 2.19. The lowest BCUT2D eigenvalue weighted by Crippen LogP contribution is -2.14. The maximum atomic E-state index is 11.2. The zero-order chi connectivity index (χ0) is 11.3. The summed E-state index contributed by atoms with van der Waals surface area (Å²) < 4.78 is 6.39. The molecule has 0 bridgehead atoms. The molecule has 84 valence electrons. The van der Waals surface area contributed by atoms with Crippen LogP contribution in [-0.2, 0) is 16.1 Å². The molecule has 0 amide bonds. The summed E-state index contributed by atoms with van der Waals surface area (Å²) in [4.78, 5) is 11.2. The monoisotopic (exact) mass is 212 g/mol. The van der Waals surface area contributed by atoms with Crippen LogP contribution in [0.3, 0.4) is 0 Å². The first-order chi connectivity index (χ1) is 7.19. The highest BCUT2D eigenvalue weighted by Crippen LogP contribution is 2.13. The first-order valence-corrected chi connectivity index (χ1v) is 5.06. The van der Waals surface area contributed by atoms with E-state index < -0.39 is 12.1 Å². The van der Waals surface area contributed by atoms with Gasteiger partial charge in [0.05, 0.1) is 12.8 Å². The van der Waals surface area contributed by atoms with Gasteiger partial charge < -0.3 is 9.84 Å². The lowest BCUT2D eigenvalue weighted by molar-refractivity contribution is -0.153. The van der Waals surface area contributed by atoms with Crippen molar-refractivity contribution >= 4 is 5.97 Å². The van der Waals surface area contributed by atoms with E-state index in [1.54, 1.807) is 17.8 Å². The number of nitrogens with zero attached hydrogens (tertiary/aromatic N) is 2. The van der Waals surface area contributed by atoms with Gasteiger partial charge >= 0.3 is 5.97 Å². The van der Waals surface area contributed by atoms with Crippen molar-refractivity contribution in [3.63, 3.8) is 0 Å². The summed E-state index contributed by atoms with van der Waals surface area (Å²) in [6.07, 6.45) is 2.87. The topological polar surface area (TPSA) is 64.4 Å². The van der Waals surface area contributed by atoms with Crippen molar-refractivity contribution in [2.45, 2.75) is 32.9 Å². The molecule has 0 radical (unpaired) electrons. The highest BCUT2D eigenvalue weighted by molar-refractivity contribution is 5.75. The number of ether oxygens (including phenoxy) is 1. The van der Waals surface area contributed by atoms with E-state index in [9.17, 15) is 9.90 Å². The van der Waals surface area contributed by atoms with Gasteiger partial charge in [0.15, 0.2) is 6.10 Å². The molecule has 1 aromatic heterocycles. The molecule has 15 heavy (non-hydrogen) atoms. The molecular weight excluding hydrogens is 196 g/mol. The second kappa shape index (κ2) is 5.50. The van der Waals surface area contributed by atoms with Crippen molar-refractivity contribution in [2.24, 2.45) is 0 Å². The molecule has 0 saturated carbocycles. The van der Waals surface area contributed by atoms with Gasteiger partial charge in [-0.3, -0.25) is 4.68 Å². The van der Waals surface area contributed by atoms with E-state index in [2.05, 4.69) is 5.10 Å². The standard InChI is InChI=1S/C10H16N2O3/c1-3-5-12-7-8(6-11-12)9(13)10(14)15-4-2/h6-7,9,13H,3-5H2,1-2H3. The van der Waals surface area contributed by atoms with Gasteiger partial charge in [-0.1, -0.05) is 6.92 Å².